The van der Waals surface area contributed by atoms with Crippen molar-refractivity contribution in [3.05, 3.63) is 65.5 Å². The van der Waals surface area contributed by atoms with Crippen LogP contribution in [0, 0.1) is 17.7 Å². The minimum atomic E-state index is -0.267. The molecule has 1 fully saturated rings. The Morgan fingerprint density at radius 3 is 2.34 bits per heavy atom. The van der Waals surface area contributed by atoms with Crippen LogP contribution in [0.4, 0.5) is 9.18 Å². The van der Waals surface area contributed by atoms with E-state index in [1.807, 2.05) is 24.3 Å². The van der Waals surface area contributed by atoms with Gasteiger partial charge in [-0.3, -0.25) is 5.01 Å². The van der Waals surface area contributed by atoms with Crippen LogP contribution in [0.25, 0.3) is 0 Å². The number of benzene rings is 2. The Morgan fingerprint density at radius 1 is 1.09 bits per heavy atom. The number of ether oxygens (including phenoxy) is 1. The maximum Gasteiger partial charge on any atom is 0.332 e. The van der Waals surface area contributed by atoms with E-state index in [-0.39, 0.29) is 11.8 Å². The Balaban J connectivity index is 1.55. The van der Waals surface area contributed by atoms with Crippen molar-refractivity contribution in [1.29, 1.82) is 0 Å². The van der Waals surface area contributed by atoms with Crippen molar-refractivity contribution in [2.45, 2.75) is 46.6 Å². The molecule has 5 nitrogen and oxygen atoms in total. The molecule has 1 saturated heterocycles. The topological polar surface area (TPSA) is 44.8 Å². The van der Waals surface area contributed by atoms with E-state index in [1.54, 1.807) is 17.1 Å². The molecule has 32 heavy (non-hydrogen) atoms. The maximum atomic E-state index is 13.3. The number of urea groups is 1. The predicted octanol–water partition coefficient (Wildman–Crippen LogP) is 5.26. The lowest BCUT2D eigenvalue weighted by Gasteiger charge is -2.39. The van der Waals surface area contributed by atoms with E-state index in [4.69, 9.17) is 4.74 Å². The SMILES string of the molecule is CC(C)COc1ccc(CCNC(=O)N(Cc2ccc(F)cc2)N2CCC(C)CC2)cc1. The van der Waals surface area contributed by atoms with Crippen LogP contribution in [-0.2, 0) is 13.0 Å². The van der Waals surface area contributed by atoms with Gasteiger partial charge in [0.1, 0.15) is 11.6 Å². The molecule has 0 radical (unpaired) electrons. The zero-order valence-corrected chi connectivity index (χ0v) is 19.5. The molecule has 1 heterocycles. The average Bonchev–Trinajstić information content (AvgIpc) is 2.79. The molecule has 174 valence electrons. The van der Waals surface area contributed by atoms with Crippen molar-refractivity contribution in [3.63, 3.8) is 0 Å². The number of nitrogens with one attached hydrogen (secondary N) is 1. The van der Waals surface area contributed by atoms with Crippen molar-refractivity contribution in [2.75, 3.05) is 26.2 Å². The number of hydrazine groups is 1. The molecule has 1 N–H and O–H groups in total. The number of halogens is 1. The van der Waals surface area contributed by atoms with Crippen molar-refractivity contribution >= 4 is 6.03 Å². The zero-order chi connectivity index (χ0) is 22.9. The van der Waals surface area contributed by atoms with Gasteiger partial charge in [-0.05, 0) is 66.5 Å². The van der Waals surface area contributed by atoms with Gasteiger partial charge in [0, 0.05) is 19.6 Å². The van der Waals surface area contributed by atoms with Crippen molar-refractivity contribution in [2.24, 2.45) is 11.8 Å². The second kappa shape index (κ2) is 11.9. The summed E-state index contributed by atoms with van der Waals surface area (Å²) in [6.45, 7) is 9.90. The molecule has 0 aromatic heterocycles. The third-order valence-electron chi connectivity index (χ3n) is 5.78. The smallest absolute Gasteiger partial charge is 0.332 e. The molecule has 2 aromatic carbocycles. The fourth-order valence-corrected chi connectivity index (χ4v) is 3.72. The molecule has 0 atom stereocenters. The molecule has 0 unspecified atom stereocenters. The van der Waals surface area contributed by atoms with E-state index >= 15 is 0 Å². The number of rotatable bonds is 9. The molecule has 2 amide bonds. The fourth-order valence-electron chi connectivity index (χ4n) is 3.72. The largest absolute Gasteiger partial charge is 0.493 e. The lowest BCUT2D eigenvalue weighted by atomic mass is 10.0. The summed E-state index contributed by atoms with van der Waals surface area (Å²) < 4.78 is 19.0. The first-order chi connectivity index (χ1) is 15.4. The molecule has 2 aromatic rings. The molecule has 1 aliphatic heterocycles. The van der Waals surface area contributed by atoms with E-state index in [2.05, 4.69) is 31.1 Å². The van der Waals surface area contributed by atoms with Crippen molar-refractivity contribution < 1.29 is 13.9 Å². The number of piperidine rings is 1. The third-order valence-corrected chi connectivity index (χ3v) is 5.78. The van der Waals surface area contributed by atoms with Crippen LogP contribution in [0.1, 0.15) is 44.7 Å². The first kappa shape index (κ1) is 24.1. The molecule has 0 saturated carbocycles. The van der Waals surface area contributed by atoms with E-state index in [0.717, 1.165) is 49.2 Å². The van der Waals surface area contributed by atoms with Gasteiger partial charge in [0.25, 0.3) is 0 Å². The lowest BCUT2D eigenvalue weighted by Crippen LogP contribution is -2.53. The molecule has 0 spiro atoms. The second-order valence-corrected chi connectivity index (χ2v) is 9.15. The molecule has 3 rings (SSSR count). The summed E-state index contributed by atoms with van der Waals surface area (Å²) in [6.07, 6.45) is 2.88. The van der Waals surface area contributed by atoms with Gasteiger partial charge < -0.3 is 10.1 Å². The number of nitrogens with zero attached hydrogens (tertiary/aromatic N) is 2. The van der Waals surface area contributed by atoms with Crippen molar-refractivity contribution in [1.82, 2.24) is 15.3 Å². The highest BCUT2D eigenvalue weighted by Gasteiger charge is 2.25. The highest BCUT2D eigenvalue weighted by molar-refractivity contribution is 5.73. The van der Waals surface area contributed by atoms with Crippen LogP contribution < -0.4 is 10.1 Å². The van der Waals surface area contributed by atoms with E-state index in [0.29, 0.717) is 31.5 Å². The van der Waals surface area contributed by atoms with Gasteiger partial charge in [0.2, 0.25) is 0 Å². The number of carbonyl (C=O) groups is 1. The molecule has 0 bridgehead atoms. The van der Waals surface area contributed by atoms with Crippen molar-refractivity contribution in [3.8, 4) is 5.75 Å². The molecule has 6 heteroatoms. The summed E-state index contributed by atoms with van der Waals surface area (Å²) in [4.78, 5) is 13.1. The molecular formula is C26H36FN3O2. The highest BCUT2D eigenvalue weighted by Crippen LogP contribution is 2.20. The van der Waals surface area contributed by atoms with E-state index < -0.39 is 0 Å². The van der Waals surface area contributed by atoms with Gasteiger partial charge in [-0.25, -0.2) is 14.2 Å². The first-order valence-electron chi connectivity index (χ1n) is 11.7. The van der Waals surface area contributed by atoms with Crippen LogP contribution in [0.2, 0.25) is 0 Å². The van der Waals surface area contributed by atoms with Gasteiger partial charge >= 0.3 is 6.03 Å². The first-order valence-corrected chi connectivity index (χ1v) is 11.7. The Hall–Kier alpha value is -2.60. The predicted molar refractivity (Wildman–Crippen MR) is 126 cm³/mol. The van der Waals surface area contributed by atoms with E-state index in [9.17, 15) is 9.18 Å². The fraction of sp³-hybridized carbons (Fsp3) is 0.500. The Morgan fingerprint density at radius 2 is 1.72 bits per heavy atom. The number of hydrogen-bond acceptors (Lipinski definition) is 3. The zero-order valence-electron chi connectivity index (χ0n) is 19.5. The maximum absolute atomic E-state index is 13.3. The second-order valence-electron chi connectivity index (χ2n) is 9.15. The number of hydrogen-bond donors (Lipinski definition) is 1. The normalized spacial score (nSPS) is 15.0. The summed E-state index contributed by atoms with van der Waals surface area (Å²) in [7, 11) is 0. The Bertz CT molecular complexity index is 831. The average molecular weight is 442 g/mol. The number of amides is 2. The Labute approximate surface area is 191 Å². The minimum Gasteiger partial charge on any atom is -0.493 e. The van der Waals surface area contributed by atoms with Gasteiger partial charge in [0.15, 0.2) is 0 Å². The van der Waals surface area contributed by atoms with Crippen LogP contribution in [-0.4, -0.2) is 42.3 Å². The van der Waals surface area contributed by atoms with Gasteiger partial charge in [-0.2, -0.15) is 0 Å². The van der Waals surface area contributed by atoms with Gasteiger partial charge in [0.05, 0.1) is 13.2 Å². The monoisotopic (exact) mass is 441 g/mol. The highest BCUT2D eigenvalue weighted by atomic mass is 19.1. The molecule has 0 aliphatic carbocycles. The van der Waals surface area contributed by atoms with Crippen LogP contribution >= 0.6 is 0 Å². The summed E-state index contributed by atoms with van der Waals surface area (Å²) in [6, 6.07) is 14.3. The molecular weight excluding hydrogens is 405 g/mol. The van der Waals surface area contributed by atoms with Crippen LogP contribution in [0.3, 0.4) is 0 Å². The standard InChI is InChI=1S/C26H36FN3O2/c1-20(2)19-32-25-10-6-22(7-11-25)12-15-28-26(31)30(29-16-13-21(3)14-17-29)18-23-4-8-24(27)9-5-23/h4-11,20-21H,12-19H2,1-3H3,(H,28,31). The Kier molecular flexibility index (Phi) is 8.91. The van der Waals surface area contributed by atoms with Gasteiger partial charge in [-0.15, -0.1) is 0 Å². The summed E-state index contributed by atoms with van der Waals surface area (Å²) in [5.74, 6) is 1.77. The van der Waals surface area contributed by atoms with E-state index in [1.165, 1.54) is 12.1 Å². The summed E-state index contributed by atoms with van der Waals surface area (Å²) >= 11 is 0. The lowest BCUT2D eigenvalue weighted by molar-refractivity contribution is -0.0176. The van der Waals surface area contributed by atoms with Crippen LogP contribution in [0.5, 0.6) is 5.75 Å². The summed E-state index contributed by atoms with van der Waals surface area (Å²) in [5, 5.41) is 6.97. The third kappa shape index (κ3) is 7.52. The van der Waals surface area contributed by atoms with Gasteiger partial charge in [-0.1, -0.05) is 45.0 Å². The minimum absolute atomic E-state index is 0.110. The molecule has 1 aliphatic rings. The summed E-state index contributed by atoms with van der Waals surface area (Å²) in [5.41, 5.74) is 2.07. The quantitative estimate of drug-likeness (QED) is 0.577. The number of carbonyl (C=O) groups excluding carboxylic acids is 1. The van der Waals surface area contributed by atoms with Crippen LogP contribution in [0.15, 0.2) is 48.5 Å².